The number of carbonyl (C=O) groups is 2. The Morgan fingerprint density at radius 3 is 2.29 bits per heavy atom. The molecule has 1 N–H and O–H groups in total. The van der Waals surface area contributed by atoms with Crippen LogP contribution >= 0.6 is 0 Å². The van der Waals surface area contributed by atoms with Gasteiger partial charge in [-0.3, -0.25) is 9.59 Å². The Morgan fingerprint density at radius 1 is 0.964 bits per heavy atom. The lowest BCUT2D eigenvalue weighted by molar-refractivity contribution is -0.131. The topological polar surface area (TPSA) is 52.7 Å². The molecular formula is C23H27N3O2. The average Bonchev–Trinajstić information content (AvgIpc) is 2.74. The number of anilines is 2. The van der Waals surface area contributed by atoms with Gasteiger partial charge in [0, 0.05) is 50.1 Å². The molecule has 1 fully saturated rings. The third-order valence-corrected chi connectivity index (χ3v) is 4.82. The van der Waals surface area contributed by atoms with E-state index in [1.54, 1.807) is 6.08 Å². The van der Waals surface area contributed by atoms with Crippen LogP contribution in [0, 0.1) is 0 Å². The summed E-state index contributed by atoms with van der Waals surface area (Å²) >= 11 is 0. The Kier molecular flexibility index (Phi) is 6.84. The maximum absolute atomic E-state index is 12.1. The number of benzene rings is 2. The zero-order valence-corrected chi connectivity index (χ0v) is 16.3. The van der Waals surface area contributed by atoms with Crippen molar-refractivity contribution in [3.63, 3.8) is 0 Å². The molecule has 3 rings (SSSR count). The van der Waals surface area contributed by atoms with Crippen molar-refractivity contribution in [1.82, 2.24) is 4.90 Å². The molecule has 2 aromatic carbocycles. The lowest BCUT2D eigenvalue weighted by Crippen LogP contribution is -2.48. The maximum atomic E-state index is 12.1. The Balaban J connectivity index is 1.50. The molecule has 1 aliphatic heterocycles. The summed E-state index contributed by atoms with van der Waals surface area (Å²) in [6, 6.07) is 17.6. The molecule has 0 unspecified atom stereocenters. The summed E-state index contributed by atoms with van der Waals surface area (Å²) in [6.07, 6.45) is 4.86. The van der Waals surface area contributed by atoms with Gasteiger partial charge in [0.25, 0.3) is 0 Å². The number of carbonyl (C=O) groups excluding carboxylic acids is 2. The predicted molar refractivity (Wildman–Crippen MR) is 114 cm³/mol. The van der Waals surface area contributed by atoms with Crippen molar-refractivity contribution in [1.29, 1.82) is 0 Å². The molecule has 0 aromatic heterocycles. The van der Waals surface area contributed by atoms with Crippen LogP contribution in [0.1, 0.15) is 25.3 Å². The molecule has 2 amide bonds. The van der Waals surface area contributed by atoms with Gasteiger partial charge in [-0.15, -0.1) is 0 Å². The Labute approximate surface area is 166 Å². The smallest absolute Gasteiger partial charge is 0.248 e. The van der Waals surface area contributed by atoms with E-state index in [0.29, 0.717) is 6.42 Å². The third-order valence-electron chi connectivity index (χ3n) is 4.82. The third kappa shape index (κ3) is 5.46. The number of hydrogen-bond acceptors (Lipinski definition) is 3. The molecule has 1 heterocycles. The van der Waals surface area contributed by atoms with Gasteiger partial charge in [-0.05, 0) is 42.3 Å². The lowest BCUT2D eigenvalue weighted by atomic mass is 10.2. The van der Waals surface area contributed by atoms with E-state index in [1.165, 1.54) is 6.08 Å². The van der Waals surface area contributed by atoms with Gasteiger partial charge in [0.2, 0.25) is 11.8 Å². The highest BCUT2D eigenvalue weighted by Gasteiger charge is 2.20. The van der Waals surface area contributed by atoms with E-state index < -0.39 is 0 Å². The number of hydrogen-bond donors (Lipinski definition) is 1. The van der Waals surface area contributed by atoms with Crippen molar-refractivity contribution in [2.75, 3.05) is 36.4 Å². The molecule has 0 spiro atoms. The standard InChI is InChI=1S/C23H27N3O2/c1-2-6-23(28)26-17-15-25(16-18-26)21-12-10-20(11-13-21)24-22(27)14-9-19-7-4-3-5-8-19/h3-5,7-14H,2,6,15-18H2,1H3,(H,24,27). The molecule has 146 valence electrons. The van der Waals surface area contributed by atoms with Gasteiger partial charge in [-0.2, -0.15) is 0 Å². The van der Waals surface area contributed by atoms with E-state index >= 15 is 0 Å². The largest absolute Gasteiger partial charge is 0.368 e. The second-order valence-electron chi connectivity index (χ2n) is 6.90. The monoisotopic (exact) mass is 377 g/mol. The maximum Gasteiger partial charge on any atom is 0.248 e. The average molecular weight is 377 g/mol. The van der Waals surface area contributed by atoms with Gasteiger partial charge in [-0.1, -0.05) is 37.3 Å². The molecule has 28 heavy (non-hydrogen) atoms. The number of nitrogens with one attached hydrogen (secondary N) is 1. The molecule has 0 bridgehead atoms. The van der Waals surface area contributed by atoms with Crippen molar-refractivity contribution in [3.8, 4) is 0 Å². The highest BCUT2D eigenvalue weighted by Crippen LogP contribution is 2.20. The normalized spacial score (nSPS) is 14.3. The molecule has 0 saturated carbocycles. The van der Waals surface area contributed by atoms with Gasteiger partial charge in [0.05, 0.1) is 0 Å². The first-order valence-corrected chi connectivity index (χ1v) is 9.82. The molecule has 1 aliphatic rings. The SMILES string of the molecule is CCCC(=O)N1CCN(c2ccc(NC(=O)C=Cc3ccccc3)cc2)CC1. The fourth-order valence-electron chi connectivity index (χ4n) is 3.26. The van der Waals surface area contributed by atoms with E-state index in [1.807, 2.05) is 66.4 Å². The number of amides is 2. The molecule has 5 heteroatoms. The Bertz CT molecular complexity index is 808. The summed E-state index contributed by atoms with van der Waals surface area (Å²) in [5.74, 6) is 0.100. The lowest BCUT2D eigenvalue weighted by Gasteiger charge is -2.36. The van der Waals surface area contributed by atoms with Crippen LogP contribution in [0.15, 0.2) is 60.7 Å². The van der Waals surface area contributed by atoms with Crippen molar-refractivity contribution < 1.29 is 9.59 Å². The first-order valence-electron chi connectivity index (χ1n) is 9.82. The zero-order chi connectivity index (χ0) is 19.8. The van der Waals surface area contributed by atoms with Crippen LogP contribution in [0.2, 0.25) is 0 Å². The number of piperazine rings is 1. The minimum Gasteiger partial charge on any atom is -0.368 e. The fourth-order valence-corrected chi connectivity index (χ4v) is 3.26. The summed E-state index contributed by atoms with van der Waals surface area (Å²) in [5.41, 5.74) is 2.87. The van der Waals surface area contributed by atoms with Crippen molar-refractivity contribution in [2.24, 2.45) is 0 Å². The second-order valence-corrected chi connectivity index (χ2v) is 6.90. The van der Waals surface area contributed by atoms with Gasteiger partial charge in [-0.25, -0.2) is 0 Å². The minimum atomic E-state index is -0.153. The molecule has 5 nitrogen and oxygen atoms in total. The first kappa shape index (κ1) is 19.7. The molecule has 0 aliphatic carbocycles. The van der Waals surface area contributed by atoms with Gasteiger partial charge in [0.1, 0.15) is 0 Å². The van der Waals surface area contributed by atoms with E-state index in [2.05, 4.69) is 10.2 Å². The fraction of sp³-hybridized carbons (Fsp3) is 0.304. The second kappa shape index (κ2) is 9.74. The minimum absolute atomic E-state index is 0.153. The van der Waals surface area contributed by atoms with Crippen molar-refractivity contribution in [2.45, 2.75) is 19.8 Å². The van der Waals surface area contributed by atoms with E-state index in [9.17, 15) is 9.59 Å². The summed E-state index contributed by atoms with van der Waals surface area (Å²) in [5, 5.41) is 2.88. The molecular weight excluding hydrogens is 350 g/mol. The molecule has 2 aromatic rings. The predicted octanol–water partition coefficient (Wildman–Crippen LogP) is 3.79. The van der Waals surface area contributed by atoms with Crippen molar-refractivity contribution >= 4 is 29.3 Å². The molecule has 0 atom stereocenters. The van der Waals surface area contributed by atoms with Crippen molar-refractivity contribution in [3.05, 3.63) is 66.2 Å². The summed E-state index contributed by atoms with van der Waals surface area (Å²) in [4.78, 5) is 28.3. The summed E-state index contributed by atoms with van der Waals surface area (Å²) in [7, 11) is 0. The van der Waals surface area contributed by atoms with E-state index in [4.69, 9.17) is 0 Å². The van der Waals surface area contributed by atoms with E-state index in [0.717, 1.165) is 49.5 Å². The van der Waals surface area contributed by atoms with Crippen LogP contribution in [0.4, 0.5) is 11.4 Å². The molecule has 0 radical (unpaired) electrons. The van der Waals surface area contributed by atoms with Crippen LogP contribution in [-0.4, -0.2) is 42.9 Å². The Morgan fingerprint density at radius 2 is 1.64 bits per heavy atom. The van der Waals surface area contributed by atoms with Crippen LogP contribution in [-0.2, 0) is 9.59 Å². The first-order chi connectivity index (χ1) is 13.7. The van der Waals surface area contributed by atoms with Crippen LogP contribution in [0.5, 0.6) is 0 Å². The number of rotatable bonds is 6. The van der Waals surface area contributed by atoms with Crippen LogP contribution < -0.4 is 10.2 Å². The van der Waals surface area contributed by atoms with Crippen LogP contribution in [0.25, 0.3) is 6.08 Å². The quantitative estimate of drug-likeness (QED) is 0.780. The Hall–Kier alpha value is -3.08. The highest BCUT2D eigenvalue weighted by molar-refractivity contribution is 6.02. The summed E-state index contributed by atoms with van der Waals surface area (Å²) in [6.45, 7) is 5.23. The number of nitrogens with zero attached hydrogens (tertiary/aromatic N) is 2. The van der Waals surface area contributed by atoms with Crippen LogP contribution in [0.3, 0.4) is 0 Å². The summed E-state index contributed by atoms with van der Waals surface area (Å²) < 4.78 is 0. The van der Waals surface area contributed by atoms with E-state index in [-0.39, 0.29) is 11.8 Å². The van der Waals surface area contributed by atoms with Gasteiger partial charge < -0.3 is 15.1 Å². The molecule has 1 saturated heterocycles. The van der Waals surface area contributed by atoms with Gasteiger partial charge in [0.15, 0.2) is 0 Å². The highest BCUT2D eigenvalue weighted by atomic mass is 16.2. The zero-order valence-electron chi connectivity index (χ0n) is 16.3. The van der Waals surface area contributed by atoms with Gasteiger partial charge >= 0.3 is 0 Å².